The molecule has 2 N–H and O–H groups in total. The molecule has 2 aromatic rings. The summed E-state index contributed by atoms with van der Waals surface area (Å²) in [5.74, 6) is 3.96. The fraction of sp³-hybridized carbons (Fsp3) is 0.567. The largest absolute Gasteiger partial charge is 0.490 e. The Bertz CT molecular complexity index is 993. The average Bonchev–Trinajstić information content (AvgIpc) is 3.71. The van der Waals surface area contributed by atoms with Crippen LogP contribution in [0.15, 0.2) is 54.6 Å². The minimum absolute atomic E-state index is 0.160. The van der Waals surface area contributed by atoms with Crippen LogP contribution < -0.4 is 10.1 Å². The number of carbonyl (C=O) groups is 1. The average molecular weight is 475 g/mol. The van der Waals surface area contributed by atoms with Gasteiger partial charge in [0.05, 0.1) is 5.56 Å². The highest BCUT2D eigenvalue weighted by atomic mass is 16.5. The van der Waals surface area contributed by atoms with Crippen LogP contribution in [0.3, 0.4) is 0 Å². The van der Waals surface area contributed by atoms with Crippen LogP contribution in [0.25, 0.3) is 0 Å². The van der Waals surface area contributed by atoms with E-state index in [1.54, 1.807) is 6.07 Å². The molecule has 0 saturated heterocycles. The molecule has 0 heterocycles. The fourth-order valence-electron chi connectivity index (χ4n) is 7.49. The van der Waals surface area contributed by atoms with Gasteiger partial charge in [0.1, 0.15) is 18.5 Å². The van der Waals surface area contributed by atoms with E-state index in [1.165, 1.54) is 44.9 Å². The highest BCUT2D eigenvalue weighted by molar-refractivity contribution is 5.96. The molecule has 0 aromatic heterocycles. The molecule has 5 fully saturated rings. The lowest BCUT2D eigenvalue weighted by molar-refractivity contribution is -0.0804. The number of rotatable bonds is 10. The van der Waals surface area contributed by atoms with E-state index in [1.807, 2.05) is 48.5 Å². The van der Waals surface area contributed by atoms with E-state index in [0.717, 1.165) is 29.2 Å². The SMILES string of the molecule is O=C(NCc1ccccc1)c1ccccc1OCC(O)CN(C1CC1)C1C2CC3CC(C2)CC1C3. The predicted octanol–water partition coefficient (Wildman–Crippen LogP) is 4.65. The first-order valence-electron chi connectivity index (χ1n) is 13.6. The van der Waals surface area contributed by atoms with Crippen LogP contribution in [0.1, 0.15) is 60.9 Å². The van der Waals surface area contributed by atoms with Gasteiger partial charge in [0, 0.05) is 25.2 Å². The van der Waals surface area contributed by atoms with Gasteiger partial charge in [-0.1, -0.05) is 42.5 Å². The van der Waals surface area contributed by atoms with E-state index < -0.39 is 6.10 Å². The first-order chi connectivity index (χ1) is 17.1. The van der Waals surface area contributed by atoms with Crippen LogP contribution in [-0.4, -0.2) is 47.3 Å². The van der Waals surface area contributed by atoms with Crippen LogP contribution in [0, 0.1) is 23.7 Å². The van der Waals surface area contributed by atoms with Gasteiger partial charge in [-0.25, -0.2) is 0 Å². The van der Waals surface area contributed by atoms with Gasteiger partial charge < -0.3 is 15.2 Å². The molecular weight excluding hydrogens is 436 g/mol. The van der Waals surface area contributed by atoms with E-state index in [9.17, 15) is 9.90 Å². The third-order valence-corrected chi connectivity index (χ3v) is 8.86. The minimum atomic E-state index is -0.562. The van der Waals surface area contributed by atoms with Gasteiger partial charge in [-0.2, -0.15) is 0 Å². The Labute approximate surface area is 208 Å². The van der Waals surface area contributed by atoms with Gasteiger partial charge in [-0.05, 0) is 86.3 Å². The molecule has 186 valence electrons. The maximum Gasteiger partial charge on any atom is 0.255 e. The molecule has 0 spiro atoms. The smallest absolute Gasteiger partial charge is 0.255 e. The third-order valence-electron chi connectivity index (χ3n) is 8.86. The van der Waals surface area contributed by atoms with Crippen LogP contribution in [0.4, 0.5) is 0 Å². The summed E-state index contributed by atoms with van der Waals surface area (Å²) in [6.07, 6.45) is 9.04. The molecule has 4 bridgehead atoms. The van der Waals surface area contributed by atoms with Crippen molar-refractivity contribution in [3.63, 3.8) is 0 Å². The highest BCUT2D eigenvalue weighted by Crippen LogP contribution is 2.56. The zero-order chi connectivity index (χ0) is 23.8. The molecule has 2 aromatic carbocycles. The summed E-state index contributed by atoms with van der Waals surface area (Å²) in [5.41, 5.74) is 1.57. The lowest BCUT2D eigenvalue weighted by Crippen LogP contribution is -2.58. The molecular formula is C30H38N2O3. The summed E-state index contributed by atoms with van der Waals surface area (Å²) in [4.78, 5) is 15.5. The van der Waals surface area contributed by atoms with Crippen molar-refractivity contribution in [3.8, 4) is 5.75 Å². The second-order valence-electron chi connectivity index (χ2n) is 11.5. The summed E-state index contributed by atoms with van der Waals surface area (Å²) in [6, 6.07) is 18.5. The van der Waals surface area contributed by atoms with Crippen LogP contribution in [-0.2, 0) is 6.54 Å². The summed E-state index contributed by atoms with van der Waals surface area (Å²) >= 11 is 0. The number of carbonyl (C=O) groups excluding carboxylic acids is 1. The molecule has 1 amide bonds. The van der Waals surface area contributed by atoms with E-state index in [4.69, 9.17) is 4.74 Å². The van der Waals surface area contributed by atoms with Crippen molar-refractivity contribution < 1.29 is 14.6 Å². The predicted molar refractivity (Wildman–Crippen MR) is 136 cm³/mol. The Kier molecular flexibility index (Phi) is 6.55. The molecule has 35 heavy (non-hydrogen) atoms. The summed E-state index contributed by atoms with van der Waals surface area (Å²) in [7, 11) is 0. The fourth-order valence-corrected chi connectivity index (χ4v) is 7.49. The van der Waals surface area contributed by atoms with Crippen molar-refractivity contribution in [3.05, 3.63) is 65.7 Å². The van der Waals surface area contributed by atoms with Crippen molar-refractivity contribution in [1.82, 2.24) is 10.2 Å². The molecule has 5 heteroatoms. The third kappa shape index (κ3) is 5.12. The molecule has 0 aliphatic heterocycles. The maximum atomic E-state index is 12.8. The molecule has 7 rings (SSSR count). The molecule has 5 aliphatic rings. The van der Waals surface area contributed by atoms with Gasteiger partial charge in [-0.3, -0.25) is 9.69 Å². The first kappa shape index (κ1) is 23.1. The van der Waals surface area contributed by atoms with E-state index in [-0.39, 0.29) is 12.5 Å². The Hall–Kier alpha value is -2.37. The lowest BCUT2D eigenvalue weighted by Gasteiger charge is -2.57. The molecule has 1 unspecified atom stereocenters. The van der Waals surface area contributed by atoms with Crippen molar-refractivity contribution in [2.24, 2.45) is 23.7 Å². The zero-order valence-corrected chi connectivity index (χ0v) is 20.5. The maximum absolute atomic E-state index is 12.8. The number of hydrogen-bond acceptors (Lipinski definition) is 4. The Morgan fingerprint density at radius 1 is 0.943 bits per heavy atom. The number of nitrogens with zero attached hydrogens (tertiary/aromatic N) is 1. The highest BCUT2D eigenvalue weighted by Gasteiger charge is 2.52. The van der Waals surface area contributed by atoms with Gasteiger partial charge >= 0.3 is 0 Å². The van der Waals surface area contributed by atoms with Crippen LogP contribution in [0.5, 0.6) is 5.75 Å². The van der Waals surface area contributed by atoms with Crippen LogP contribution in [0.2, 0.25) is 0 Å². The van der Waals surface area contributed by atoms with Crippen LogP contribution >= 0.6 is 0 Å². The number of benzene rings is 2. The van der Waals surface area contributed by atoms with E-state index >= 15 is 0 Å². The molecule has 5 aliphatic carbocycles. The molecule has 1 atom stereocenters. The number of ether oxygens (including phenoxy) is 1. The lowest BCUT2D eigenvalue weighted by atomic mass is 9.54. The molecule has 0 radical (unpaired) electrons. The van der Waals surface area contributed by atoms with Gasteiger partial charge in [0.2, 0.25) is 0 Å². The topological polar surface area (TPSA) is 61.8 Å². The molecule has 5 saturated carbocycles. The van der Waals surface area contributed by atoms with Crippen molar-refractivity contribution in [1.29, 1.82) is 0 Å². The van der Waals surface area contributed by atoms with Gasteiger partial charge in [-0.15, -0.1) is 0 Å². The van der Waals surface area contributed by atoms with E-state index in [2.05, 4.69) is 10.2 Å². The number of para-hydroxylation sites is 1. The Balaban J connectivity index is 1.06. The van der Waals surface area contributed by atoms with Crippen molar-refractivity contribution >= 4 is 5.91 Å². The normalized spacial score (nSPS) is 29.8. The van der Waals surface area contributed by atoms with E-state index in [0.29, 0.717) is 36.5 Å². The van der Waals surface area contributed by atoms with Gasteiger partial charge in [0.25, 0.3) is 5.91 Å². The summed E-state index contributed by atoms with van der Waals surface area (Å²) in [5, 5.41) is 14.0. The minimum Gasteiger partial charge on any atom is -0.490 e. The first-order valence-corrected chi connectivity index (χ1v) is 13.6. The monoisotopic (exact) mass is 474 g/mol. The number of aliphatic hydroxyl groups excluding tert-OH is 1. The number of aliphatic hydroxyl groups is 1. The molecule has 5 nitrogen and oxygen atoms in total. The second-order valence-corrected chi connectivity index (χ2v) is 11.5. The summed E-state index contributed by atoms with van der Waals surface area (Å²) in [6.45, 7) is 1.36. The zero-order valence-electron chi connectivity index (χ0n) is 20.5. The van der Waals surface area contributed by atoms with Gasteiger partial charge in [0.15, 0.2) is 0 Å². The number of amides is 1. The number of hydrogen-bond donors (Lipinski definition) is 2. The summed E-state index contributed by atoms with van der Waals surface area (Å²) < 4.78 is 6.04. The van der Waals surface area contributed by atoms with Crippen molar-refractivity contribution in [2.45, 2.75) is 69.7 Å². The number of nitrogens with one attached hydrogen (secondary N) is 1. The second kappa shape index (κ2) is 9.94. The van der Waals surface area contributed by atoms with Crippen molar-refractivity contribution in [2.75, 3.05) is 13.2 Å². The Morgan fingerprint density at radius 3 is 2.29 bits per heavy atom. The standard InChI is InChI=1S/C30H38N2O3/c33-26(18-32(25-10-11-25)29-23-13-21-12-22(15-23)16-24(29)14-21)19-35-28-9-5-4-8-27(28)30(34)31-17-20-6-2-1-3-7-20/h1-9,21-26,29,33H,10-19H2,(H,31,34). The Morgan fingerprint density at radius 2 is 1.60 bits per heavy atom. The quantitative estimate of drug-likeness (QED) is 0.526.